The van der Waals surface area contributed by atoms with Crippen molar-refractivity contribution in [1.29, 1.82) is 0 Å². The van der Waals surface area contributed by atoms with Crippen LogP contribution in [0.15, 0.2) is 40.8 Å². The smallest absolute Gasteiger partial charge is 0.132 e. The van der Waals surface area contributed by atoms with Gasteiger partial charge in [-0.25, -0.2) is 0 Å². The van der Waals surface area contributed by atoms with Gasteiger partial charge in [-0.15, -0.1) is 0 Å². The summed E-state index contributed by atoms with van der Waals surface area (Å²) in [6.45, 7) is 2.75. The van der Waals surface area contributed by atoms with Gasteiger partial charge in [0.15, 0.2) is 0 Å². The van der Waals surface area contributed by atoms with Crippen LogP contribution in [0.2, 0.25) is 0 Å². The van der Waals surface area contributed by atoms with Crippen molar-refractivity contribution >= 4 is 0 Å². The summed E-state index contributed by atoms with van der Waals surface area (Å²) >= 11 is 0. The molecule has 0 bridgehead atoms. The molecule has 1 aromatic carbocycles. The molecule has 2 heterocycles. The van der Waals surface area contributed by atoms with Crippen LogP contribution >= 0.6 is 0 Å². The summed E-state index contributed by atoms with van der Waals surface area (Å²) in [5, 5.41) is 10.3. The van der Waals surface area contributed by atoms with Crippen LogP contribution in [-0.4, -0.2) is 11.7 Å². The molecular formula is C17H20O3. The number of fused-ring (bicyclic) bond motifs is 1. The van der Waals surface area contributed by atoms with Crippen molar-refractivity contribution in [2.24, 2.45) is 0 Å². The number of ether oxygens (including phenoxy) is 1. The third-order valence-corrected chi connectivity index (χ3v) is 3.89. The first-order valence-electron chi connectivity index (χ1n) is 7.24. The molecule has 0 aliphatic carbocycles. The second-order valence-electron chi connectivity index (χ2n) is 5.22. The van der Waals surface area contributed by atoms with Gasteiger partial charge in [-0.2, -0.15) is 0 Å². The Kier molecular flexibility index (Phi) is 3.90. The number of aryl methyl sites for hydroxylation is 1. The van der Waals surface area contributed by atoms with Crippen molar-refractivity contribution in [2.45, 2.75) is 38.4 Å². The third-order valence-electron chi connectivity index (χ3n) is 3.89. The Bertz CT molecular complexity index is 573. The first-order chi connectivity index (χ1) is 9.78. The van der Waals surface area contributed by atoms with E-state index in [2.05, 4.69) is 18.2 Å². The van der Waals surface area contributed by atoms with Gasteiger partial charge in [0.2, 0.25) is 0 Å². The summed E-state index contributed by atoms with van der Waals surface area (Å²) in [4.78, 5) is 0. The molecule has 1 N–H and O–H groups in total. The van der Waals surface area contributed by atoms with E-state index in [1.54, 1.807) is 0 Å². The van der Waals surface area contributed by atoms with Gasteiger partial charge < -0.3 is 14.3 Å². The number of hydrogen-bond acceptors (Lipinski definition) is 3. The Morgan fingerprint density at radius 1 is 1.25 bits per heavy atom. The molecule has 0 amide bonds. The van der Waals surface area contributed by atoms with Gasteiger partial charge in [0.1, 0.15) is 17.6 Å². The van der Waals surface area contributed by atoms with Gasteiger partial charge >= 0.3 is 0 Å². The second-order valence-corrected chi connectivity index (χ2v) is 5.22. The molecule has 106 valence electrons. The standard InChI is InChI=1S/C17H20O3/c1-2-13-7-8-16(20-13)15(18)11-17-14-6-4-3-5-12(14)9-10-19-17/h3-8,15,17-18H,2,9-11H2,1H3. The molecule has 0 radical (unpaired) electrons. The van der Waals surface area contributed by atoms with Gasteiger partial charge in [0.05, 0.1) is 12.7 Å². The van der Waals surface area contributed by atoms with E-state index >= 15 is 0 Å². The highest BCUT2D eigenvalue weighted by Crippen LogP contribution is 2.34. The van der Waals surface area contributed by atoms with E-state index in [9.17, 15) is 5.11 Å². The molecule has 0 saturated heterocycles. The molecule has 2 aromatic rings. The largest absolute Gasteiger partial charge is 0.463 e. The van der Waals surface area contributed by atoms with E-state index in [-0.39, 0.29) is 6.10 Å². The summed E-state index contributed by atoms with van der Waals surface area (Å²) in [6, 6.07) is 12.1. The lowest BCUT2D eigenvalue weighted by Gasteiger charge is -2.27. The molecule has 0 fully saturated rings. The van der Waals surface area contributed by atoms with E-state index in [1.165, 1.54) is 11.1 Å². The molecule has 2 unspecified atom stereocenters. The number of hydrogen-bond donors (Lipinski definition) is 1. The summed E-state index contributed by atoms with van der Waals surface area (Å²) in [5.74, 6) is 1.54. The molecular weight excluding hydrogens is 252 g/mol. The van der Waals surface area contributed by atoms with Crippen LogP contribution in [0.4, 0.5) is 0 Å². The van der Waals surface area contributed by atoms with Crippen molar-refractivity contribution in [3.8, 4) is 0 Å². The molecule has 3 rings (SSSR count). The summed E-state index contributed by atoms with van der Waals surface area (Å²) in [7, 11) is 0. The van der Waals surface area contributed by atoms with Gasteiger partial charge in [-0.05, 0) is 29.7 Å². The van der Waals surface area contributed by atoms with Crippen molar-refractivity contribution in [2.75, 3.05) is 6.61 Å². The number of aliphatic hydroxyl groups excluding tert-OH is 1. The lowest BCUT2D eigenvalue weighted by atomic mass is 9.94. The monoisotopic (exact) mass is 272 g/mol. The Hall–Kier alpha value is -1.58. The Morgan fingerprint density at radius 3 is 2.90 bits per heavy atom. The molecule has 3 heteroatoms. The topological polar surface area (TPSA) is 42.6 Å². The fourth-order valence-corrected chi connectivity index (χ4v) is 2.75. The SMILES string of the molecule is CCc1ccc(C(O)CC2OCCc3ccccc32)o1. The summed E-state index contributed by atoms with van der Waals surface area (Å²) < 4.78 is 11.4. The second kappa shape index (κ2) is 5.81. The normalized spacial score (nSPS) is 19.6. The average Bonchev–Trinajstić information content (AvgIpc) is 2.97. The van der Waals surface area contributed by atoms with Gasteiger partial charge in [0, 0.05) is 12.8 Å². The number of benzene rings is 1. The molecule has 0 saturated carbocycles. The third kappa shape index (κ3) is 2.65. The predicted octanol–water partition coefficient (Wildman–Crippen LogP) is 3.58. The van der Waals surface area contributed by atoms with Crippen LogP contribution in [0.5, 0.6) is 0 Å². The van der Waals surface area contributed by atoms with Gasteiger partial charge in [0.25, 0.3) is 0 Å². The van der Waals surface area contributed by atoms with Gasteiger partial charge in [-0.3, -0.25) is 0 Å². The predicted molar refractivity (Wildman–Crippen MR) is 76.5 cm³/mol. The Labute approximate surface area is 119 Å². The highest BCUT2D eigenvalue weighted by atomic mass is 16.5. The van der Waals surface area contributed by atoms with Crippen molar-refractivity contribution < 1.29 is 14.3 Å². The van der Waals surface area contributed by atoms with Crippen LogP contribution in [0.25, 0.3) is 0 Å². The average molecular weight is 272 g/mol. The minimum atomic E-state index is -0.619. The van der Waals surface area contributed by atoms with Crippen molar-refractivity contribution in [1.82, 2.24) is 0 Å². The van der Waals surface area contributed by atoms with Gasteiger partial charge in [-0.1, -0.05) is 31.2 Å². The molecule has 3 nitrogen and oxygen atoms in total. The zero-order chi connectivity index (χ0) is 13.9. The van der Waals surface area contributed by atoms with E-state index < -0.39 is 6.10 Å². The molecule has 20 heavy (non-hydrogen) atoms. The summed E-state index contributed by atoms with van der Waals surface area (Å²) in [6.07, 6.45) is 1.66. The highest BCUT2D eigenvalue weighted by molar-refractivity contribution is 5.31. The zero-order valence-corrected chi connectivity index (χ0v) is 11.7. The van der Waals surface area contributed by atoms with Crippen LogP contribution < -0.4 is 0 Å². The molecule has 1 aliphatic heterocycles. The zero-order valence-electron chi connectivity index (χ0n) is 11.7. The molecule has 2 atom stereocenters. The lowest BCUT2D eigenvalue weighted by molar-refractivity contribution is -0.00144. The maximum atomic E-state index is 10.3. The molecule has 1 aliphatic rings. The van der Waals surface area contributed by atoms with E-state index in [0.717, 1.165) is 18.6 Å². The highest BCUT2D eigenvalue weighted by Gasteiger charge is 2.25. The van der Waals surface area contributed by atoms with Crippen LogP contribution in [-0.2, 0) is 17.6 Å². The maximum absolute atomic E-state index is 10.3. The maximum Gasteiger partial charge on any atom is 0.132 e. The van der Waals surface area contributed by atoms with Crippen molar-refractivity contribution in [3.63, 3.8) is 0 Å². The summed E-state index contributed by atoms with van der Waals surface area (Å²) in [5.41, 5.74) is 2.52. The lowest BCUT2D eigenvalue weighted by Crippen LogP contribution is -2.18. The van der Waals surface area contributed by atoms with E-state index in [1.807, 2.05) is 25.1 Å². The van der Waals surface area contributed by atoms with Crippen LogP contribution in [0.1, 0.15) is 48.2 Å². The fourth-order valence-electron chi connectivity index (χ4n) is 2.75. The fraction of sp³-hybridized carbons (Fsp3) is 0.412. The minimum Gasteiger partial charge on any atom is -0.463 e. The number of furan rings is 1. The first-order valence-corrected chi connectivity index (χ1v) is 7.24. The number of aliphatic hydroxyl groups is 1. The quantitative estimate of drug-likeness (QED) is 0.925. The molecule has 0 spiro atoms. The van der Waals surface area contributed by atoms with Crippen molar-refractivity contribution in [3.05, 3.63) is 59.0 Å². The Morgan fingerprint density at radius 2 is 2.10 bits per heavy atom. The Balaban J connectivity index is 1.75. The first kappa shape index (κ1) is 13.4. The van der Waals surface area contributed by atoms with E-state index in [0.29, 0.717) is 18.8 Å². The number of rotatable bonds is 4. The van der Waals surface area contributed by atoms with Crippen LogP contribution in [0, 0.1) is 0 Å². The van der Waals surface area contributed by atoms with E-state index in [4.69, 9.17) is 9.15 Å². The minimum absolute atomic E-state index is 0.0508. The molecule has 1 aromatic heterocycles. The van der Waals surface area contributed by atoms with Crippen LogP contribution in [0.3, 0.4) is 0 Å².